The van der Waals surface area contributed by atoms with Gasteiger partial charge in [-0.3, -0.25) is 4.79 Å². The number of ether oxygens (including phenoxy) is 2. The molecule has 0 saturated carbocycles. The maximum atomic E-state index is 11.7. The van der Waals surface area contributed by atoms with Gasteiger partial charge >= 0.3 is 11.9 Å². The highest BCUT2D eigenvalue weighted by Crippen LogP contribution is 2.29. The van der Waals surface area contributed by atoms with E-state index in [2.05, 4.69) is 11.1 Å². The minimum Gasteiger partial charge on any atom is -0.465 e. The molecule has 5 heteroatoms. The molecular formula is C16H15NO4. The summed E-state index contributed by atoms with van der Waals surface area (Å²) in [5.41, 5.74) is 3.75. The van der Waals surface area contributed by atoms with Crippen molar-refractivity contribution in [2.45, 2.75) is 19.3 Å². The normalized spacial score (nSPS) is 21.2. The molecule has 0 spiro atoms. The number of nitrogens with one attached hydrogen (secondary N) is 1. The van der Waals surface area contributed by atoms with Gasteiger partial charge in [0.05, 0.1) is 19.6 Å². The van der Waals surface area contributed by atoms with Gasteiger partial charge in [0.1, 0.15) is 5.69 Å². The first kappa shape index (κ1) is 12.4. The molecule has 3 heterocycles. The van der Waals surface area contributed by atoms with Gasteiger partial charge in [-0.15, -0.1) is 0 Å². The van der Waals surface area contributed by atoms with E-state index in [0.29, 0.717) is 25.3 Å². The Labute approximate surface area is 121 Å². The predicted octanol–water partition coefficient (Wildman–Crippen LogP) is 1.99. The standard InChI is InChI=1S/C16H15NO4/c18-14-7-10(8-21-14)5-9-1-2-13-12(6-9)11-3-4-20-16(19)15(11)17-13/h1-2,6,10,17H,3-5,7-8H2/t10-/m1/s1. The number of rotatable bonds is 2. The number of cyclic esters (lactones) is 2. The van der Waals surface area contributed by atoms with E-state index < -0.39 is 0 Å². The van der Waals surface area contributed by atoms with Crippen molar-refractivity contribution in [1.82, 2.24) is 4.98 Å². The topological polar surface area (TPSA) is 68.4 Å². The maximum absolute atomic E-state index is 11.7. The van der Waals surface area contributed by atoms with E-state index in [-0.39, 0.29) is 17.9 Å². The van der Waals surface area contributed by atoms with E-state index in [1.54, 1.807) is 0 Å². The third kappa shape index (κ3) is 2.09. The van der Waals surface area contributed by atoms with Crippen molar-refractivity contribution < 1.29 is 19.1 Å². The summed E-state index contributed by atoms with van der Waals surface area (Å²) in [7, 11) is 0. The molecule has 0 radical (unpaired) electrons. The minimum absolute atomic E-state index is 0.108. The van der Waals surface area contributed by atoms with Gasteiger partial charge in [-0.1, -0.05) is 6.07 Å². The molecule has 1 aromatic carbocycles. The molecule has 1 saturated heterocycles. The molecule has 21 heavy (non-hydrogen) atoms. The number of carbonyl (C=O) groups is 2. The fourth-order valence-corrected chi connectivity index (χ4v) is 3.20. The van der Waals surface area contributed by atoms with Crippen LogP contribution in [0.15, 0.2) is 18.2 Å². The van der Waals surface area contributed by atoms with Crippen molar-refractivity contribution in [3.8, 4) is 0 Å². The summed E-state index contributed by atoms with van der Waals surface area (Å²) < 4.78 is 10.1. The molecule has 0 bridgehead atoms. The number of benzene rings is 1. The SMILES string of the molecule is O=C1C[C@@H](Cc2ccc3[nH]c4c(c3c2)CCOC4=O)CO1. The summed E-state index contributed by atoms with van der Waals surface area (Å²) in [6.07, 6.45) is 2.07. The van der Waals surface area contributed by atoms with Crippen LogP contribution in [0.4, 0.5) is 0 Å². The molecule has 4 rings (SSSR count). The van der Waals surface area contributed by atoms with Crippen LogP contribution in [-0.2, 0) is 27.1 Å². The Morgan fingerprint density at radius 2 is 2.14 bits per heavy atom. The molecule has 0 aliphatic carbocycles. The predicted molar refractivity (Wildman–Crippen MR) is 75.1 cm³/mol. The van der Waals surface area contributed by atoms with Crippen LogP contribution in [0.5, 0.6) is 0 Å². The fourth-order valence-electron chi connectivity index (χ4n) is 3.20. The summed E-state index contributed by atoms with van der Waals surface area (Å²) in [5, 5.41) is 1.09. The van der Waals surface area contributed by atoms with Gasteiger partial charge in [-0.2, -0.15) is 0 Å². The first-order chi connectivity index (χ1) is 10.2. The van der Waals surface area contributed by atoms with Crippen LogP contribution >= 0.6 is 0 Å². The van der Waals surface area contributed by atoms with Crippen LogP contribution in [-0.4, -0.2) is 30.1 Å². The summed E-state index contributed by atoms with van der Waals surface area (Å²) in [5.74, 6) is -0.124. The monoisotopic (exact) mass is 285 g/mol. The second-order valence-corrected chi connectivity index (χ2v) is 5.70. The Morgan fingerprint density at radius 1 is 1.24 bits per heavy atom. The van der Waals surface area contributed by atoms with Crippen LogP contribution in [0.3, 0.4) is 0 Å². The lowest BCUT2D eigenvalue weighted by Crippen LogP contribution is -2.16. The minimum atomic E-state index is -0.274. The lowest BCUT2D eigenvalue weighted by molar-refractivity contribution is -0.137. The van der Waals surface area contributed by atoms with E-state index in [0.717, 1.165) is 29.3 Å². The van der Waals surface area contributed by atoms with Gasteiger partial charge in [0.2, 0.25) is 0 Å². The Morgan fingerprint density at radius 3 is 2.95 bits per heavy atom. The number of carbonyl (C=O) groups excluding carboxylic acids is 2. The first-order valence-electron chi connectivity index (χ1n) is 7.17. The third-order valence-corrected chi connectivity index (χ3v) is 4.22. The maximum Gasteiger partial charge on any atom is 0.355 e. The smallest absolute Gasteiger partial charge is 0.355 e. The van der Waals surface area contributed by atoms with Crippen molar-refractivity contribution in [3.63, 3.8) is 0 Å². The molecule has 108 valence electrons. The van der Waals surface area contributed by atoms with E-state index in [1.165, 1.54) is 5.56 Å². The van der Waals surface area contributed by atoms with E-state index in [4.69, 9.17) is 9.47 Å². The summed E-state index contributed by atoms with van der Waals surface area (Å²) in [6, 6.07) is 6.15. The molecule has 5 nitrogen and oxygen atoms in total. The van der Waals surface area contributed by atoms with E-state index in [9.17, 15) is 9.59 Å². The van der Waals surface area contributed by atoms with Crippen molar-refractivity contribution in [3.05, 3.63) is 35.0 Å². The van der Waals surface area contributed by atoms with Gasteiger partial charge in [-0.05, 0) is 29.7 Å². The van der Waals surface area contributed by atoms with Crippen LogP contribution in [0, 0.1) is 5.92 Å². The van der Waals surface area contributed by atoms with Crippen molar-refractivity contribution in [1.29, 1.82) is 0 Å². The number of fused-ring (bicyclic) bond motifs is 3. The molecule has 1 fully saturated rings. The van der Waals surface area contributed by atoms with Crippen LogP contribution < -0.4 is 0 Å². The zero-order chi connectivity index (χ0) is 14.4. The number of aromatic amines is 1. The number of esters is 2. The fraction of sp³-hybridized carbons (Fsp3) is 0.375. The number of hydrogen-bond donors (Lipinski definition) is 1. The lowest BCUT2D eigenvalue weighted by atomic mass is 9.96. The van der Waals surface area contributed by atoms with Gasteiger partial charge < -0.3 is 14.5 Å². The summed E-state index contributed by atoms with van der Waals surface area (Å²) in [4.78, 5) is 26.1. The average molecular weight is 285 g/mol. The highest BCUT2D eigenvalue weighted by atomic mass is 16.5. The molecule has 2 aromatic rings. The number of H-pyrrole nitrogens is 1. The molecule has 2 aliphatic rings. The average Bonchev–Trinajstić information content (AvgIpc) is 3.04. The molecule has 0 unspecified atom stereocenters. The van der Waals surface area contributed by atoms with Crippen molar-refractivity contribution >= 4 is 22.8 Å². The van der Waals surface area contributed by atoms with Gasteiger partial charge in [0.25, 0.3) is 0 Å². The number of aromatic nitrogens is 1. The molecular weight excluding hydrogens is 270 g/mol. The van der Waals surface area contributed by atoms with Gasteiger partial charge in [-0.25, -0.2) is 4.79 Å². The Hall–Kier alpha value is -2.30. The van der Waals surface area contributed by atoms with E-state index >= 15 is 0 Å². The van der Waals surface area contributed by atoms with Gasteiger partial charge in [0.15, 0.2) is 0 Å². The summed E-state index contributed by atoms with van der Waals surface area (Å²) >= 11 is 0. The Bertz CT molecular complexity index is 746. The third-order valence-electron chi connectivity index (χ3n) is 4.22. The first-order valence-corrected chi connectivity index (χ1v) is 7.17. The molecule has 1 N–H and O–H groups in total. The largest absolute Gasteiger partial charge is 0.465 e. The van der Waals surface area contributed by atoms with E-state index in [1.807, 2.05) is 12.1 Å². The van der Waals surface area contributed by atoms with Crippen LogP contribution in [0.2, 0.25) is 0 Å². The van der Waals surface area contributed by atoms with Crippen molar-refractivity contribution in [2.24, 2.45) is 5.92 Å². The molecule has 0 amide bonds. The number of hydrogen-bond acceptors (Lipinski definition) is 4. The Kier molecular flexibility index (Phi) is 2.74. The molecule has 1 aromatic heterocycles. The highest BCUT2D eigenvalue weighted by molar-refractivity contribution is 5.99. The summed E-state index contributed by atoms with van der Waals surface area (Å²) in [6.45, 7) is 0.947. The second-order valence-electron chi connectivity index (χ2n) is 5.70. The van der Waals surface area contributed by atoms with Crippen LogP contribution in [0.25, 0.3) is 10.9 Å². The van der Waals surface area contributed by atoms with Crippen LogP contribution in [0.1, 0.15) is 28.0 Å². The quantitative estimate of drug-likeness (QED) is 0.857. The second kappa shape index (κ2) is 4.62. The molecule has 2 aliphatic heterocycles. The lowest BCUT2D eigenvalue weighted by Gasteiger charge is -2.11. The zero-order valence-electron chi connectivity index (χ0n) is 11.5. The highest BCUT2D eigenvalue weighted by Gasteiger charge is 2.25. The van der Waals surface area contributed by atoms with Crippen molar-refractivity contribution in [2.75, 3.05) is 13.2 Å². The molecule has 1 atom stereocenters. The zero-order valence-corrected chi connectivity index (χ0v) is 11.5. The Balaban J connectivity index is 1.69. The van der Waals surface area contributed by atoms with Gasteiger partial charge in [0, 0.05) is 23.2 Å².